The van der Waals surface area contributed by atoms with Gasteiger partial charge in [-0.1, -0.05) is 42.5 Å². The third-order valence-corrected chi connectivity index (χ3v) is 3.75. The van der Waals surface area contributed by atoms with E-state index in [1.807, 2.05) is 12.1 Å². The lowest BCUT2D eigenvalue weighted by molar-refractivity contribution is 1.02. The zero-order valence-electron chi connectivity index (χ0n) is 9.97. The van der Waals surface area contributed by atoms with E-state index in [1.54, 1.807) is 11.5 Å². The third kappa shape index (κ3) is 2.36. The fourth-order valence-corrected chi connectivity index (χ4v) is 2.74. The molecule has 0 saturated heterocycles. The van der Waals surface area contributed by atoms with Crippen LogP contribution >= 0.6 is 11.5 Å². The predicted molar refractivity (Wildman–Crippen MR) is 78.3 cm³/mol. The Hall–Kier alpha value is -1.87. The van der Waals surface area contributed by atoms with Gasteiger partial charge in [-0.15, -0.1) is 0 Å². The van der Waals surface area contributed by atoms with Crippen LogP contribution in [0.1, 0.15) is 5.56 Å². The number of benzene rings is 2. The molecule has 0 amide bonds. The molecule has 0 aliphatic rings. The fourth-order valence-electron chi connectivity index (χ4n) is 1.98. The second-order valence-corrected chi connectivity index (χ2v) is 4.99. The highest BCUT2D eigenvalue weighted by Crippen LogP contribution is 2.25. The van der Waals surface area contributed by atoms with Crippen molar-refractivity contribution in [1.29, 1.82) is 0 Å². The minimum absolute atomic E-state index is 0.914. The van der Waals surface area contributed by atoms with Gasteiger partial charge >= 0.3 is 0 Å². The quantitative estimate of drug-likeness (QED) is 0.762. The van der Waals surface area contributed by atoms with Crippen LogP contribution in [0.2, 0.25) is 0 Å². The van der Waals surface area contributed by atoms with E-state index in [0.29, 0.717) is 0 Å². The van der Waals surface area contributed by atoms with Crippen molar-refractivity contribution in [2.24, 2.45) is 0 Å². The first-order valence-electron chi connectivity index (χ1n) is 6.06. The first kappa shape index (κ1) is 11.2. The number of hydrogen-bond acceptors (Lipinski definition) is 3. The van der Waals surface area contributed by atoms with Gasteiger partial charge in [-0.2, -0.15) is 4.37 Å². The van der Waals surface area contributed by atoms with Gasteiger partial charge in [-0.25, -0.2) is 0 Å². The lowest BCUT2D eigenvalue weighted by atomic mass is 10.1. The van der Waals surface area contributed by atoms with E-state index in [1.165, 1.54) is 15.6 Å². The first-order chi connectivity index (χ1) is 8.93. The molecule has 0 atom stereocenters. The van der Waals surface area contributed by atoms with Gasteiger partial charge in [0.2, 0.25) is 0 Å². The van der Waals surface area contributed by atoms with Gasteiger partial charge < -0.3 is 5.32 Å². The molecule has 0 bridgehead atoms. The van der Waals surface area contributed by atoms with Crippen molar-refractivity contribution in [3.05, 3.63) is 60.2 Å². The van der Waals surface area contributed by atoms with E-state index < -0.39 is 0 Å². The van der Waals surface area contributed by atoms with Crippen molar-refractivity contribution in [3.63, 3.8) is 0 Å². The van der Waals surface area contributed by atoms with Crippen LogP contribution in [0.4, 0.5) is 5.82 Å². The van der Waals surface area contributed by atoms with E-state index in [4.69, 9.17) is 0 Å². The number of rotatable bonds is 4. The molecule has 0 unspecified atom stereocenters. The van der Waals surface area contributed by atoms with Crippen molar-refractivity contribution in [2.75, 3.05) is 11.9 Å². The molecular formula is C15H14N2S. The Morgan fingerprint density at radius 2 is 1.72 bits per heavy atom. The molecule has 3 aromatic rings. The number of fused-ring (bicyclic) bond motifs is 1. The van der Waals surface area contributed by atoms with Crippen molar-refractivity contribution in [2.45, 2.75) is 6.42 Å². The van der Waals surface area contributed by atoms with Crippen LogP contribution in [-0.4, -0.2) is 10.9 Å². The van der Waals surface area contributed by atoms with Gasteiger partial charge in [-0.3, -0.25) is 0 Å². The number of aromatic nitrogens is 1. The lowest BCUT2D eigenvalue weighted by Crippen LogP contribution is -2.04. The molecule has 1 N–H and O–H groups in total. The van der Waals surface area contributed by atoms with Crippen LogP contribution in [0, 0.1) is 0 Å². The van der Waals surface area contributed by atoms with E-state index in [-0.39, 0.29) is 0 Å². The first-order valence-corrected chi connectivity index (χ1v) is 6.83. The Morgan fingerprint density at radius 3 is 2.61 bits per heavy atom. The Morgan fingerprint density at radius 1 is 0.944 bits per heavy atom. The maximum Gasteiger partial charge on any atom is 0.147 e. The highest BCUT2D eigenvalue weighted by Gasteiger charge is 2.03. The summed E-state index contributed by atoms with van der Waals surface area (Å²) in [5.74, 6) is 1.01. The molecule has 0 saturated carbocycles. The molecule has 2 nitrogen and oxygen atoms in total. The highest BCUT2D eigenvalue weighted by atomic mass is 32.1. The Bertz CT molecular complexity index is 631. The zero-order chi connectivity index (χ0) is 12.2. The van der Waals surface area contributed by atoms with Crippen molar-refractivity contribution >= 4 is 27.4 Å². The van der Waals surface area contributed by atoms with E-state index in [9.17, 15) is 0 Å². The monoisotopic (exact) mass is 254 g/mol. The Balaban J connectivity index is 1.67. The molecule has 0 aliphatic heterocycles. The Labute approximate surface area is 110 Å². The molecular weight excluding hydrogens is 240 g/mol. The average Bonchev–Trinajstić information content (AvgIpc) is 2.84. The van der Waals surface area contributed by atoms with Gasteiger partial charge in [0.15, 0.2) is 0 Å². The molecule has 0 spiro atoms. The van der Waals surface area contributed by atoms with Crippen LogP contribution in [0.5, 0.6) is 0 Å². The molecule has 1 heterocycles. The molecule has 0 fully saturated rings. The van der Waals surface area contributed by atoms with Gasteiger partial charge in [0, 0.05) is 11.9 Å². The molecule has 0 radical (unpaired) electrons. The summed E-state index contributed by atoms with van der Waals surface area (Å²) in [6.45, 7) is 0.914. The van der Waals surface area contributed by atoms with Gasteiger partial charge in [-0.05, 0) is 35.6 Å². The SMILES string of the molecule is c1ccc(CCNc2nsc3ccccc23)cc1. The molecule has 1 aromatic heterocycles. The molecule has 90 valence electrons. The van der Waals surface area contributed by atoms with Crippen LogP contribution < -0.4 is 5.32 Å². The minimum atomic E-state index is 0.914. The number of nitrogens with zero attached hydrogens (tertiary/aromatic N) is 1. The van der Waals surface area contributed by atoms with Crippen molar-refractivity contribution < 1.29 is 0 Å². The summed E-state index contributed by atoms with van der Waals surface area (Å²) in [5.41, 5.74) is 1.35. The molecule has 3 heteroatoms. The predicted octanol–water partition coefficient (Wildman–Crippen LogP) is 3.95. The minimum Gasteiger partial charge on any atom is -0.368 e. The third-order valence-electron chi connectivity index (χ3n) is 2.93. The van der Waals surface area contributed by atoms with Crippen LogP contribution in [-0.2, 0) is 6.42 Å². The standard InChI is InChI=1S/C15H14N2S/c1-2-6-12(7-3-1)10-11-16-15-13-8-4-5-9-14(13)18-17-15/h1-9H,10-11H2,(H,16,17). The Kier molecular flexibility index (Phi) is 3.24. The lowest BCUT2D eigenvalue weighted by Gasteiger charge is -2.03. The normalized spacial score (nSPS) is 10.7. The summed E-state index contributed by atoms with van der Waals surface area (Å²) in [7, 11) is 0. The second-order valence-electron chi connectivity index (χ2n) is 4.19. The van der Waals surface area contributed by atoms with Crippen LogP contribution in [0.25, 0.3) is 10.1 Å². The zero-order valence-corrected chi connectivity index (χ0v) is 10.8. The molecule has 18 heavy (non-hydrogen) atoms. The molecule has 3 rings (SSSR count). The second kappa shape index (κ2) is 5.19. The van der Waals surface area contributed by atoms with Crippen molar-refractivity contribution in [1.82, 2.24) is 4.37 Å². The van der Waals surface area contributed by atoms with Gasteiger partial charge in [0.05, 0.1) is 4.70 Å². The maximum absolute atomic E-state index is 4.46. The van der Waals surface area contributed by atoms with E-state index in [2.05, 4.69) is 52.2 Å². The smallest absolute Gasteiger partial charge is 0.147 e. The summed E-state index contributed by atoms with van der Waals surface area (Å²) in [6, 6.07) is 18.8. The summed E-state index contributed by atoms with van der Waals surface area (Å²) in [4.78, 5) is 0. The summed E-state index contributed by atoms with van der Waals surface area (Å²) < 4.78 is 5.69. The fraction of sp³-hybridized carbons (Fsp3) is 0.133. The summed E-state index contributed by atoms with van der Waals surface area (Å²) in [6.07, 6.45) is 1.02. The topological polar surface area (TPSA) is 24.9 Å². The largest absolute Gasteiger partial charge is 0.368 e. The maximum atomic E-state index is 4.46. The summed E-state index contributed by atoms with van der Waals surface area (Å²) >= 11 is 1.55. The van der Waals surface area contributed by atoms with Crippen LogP contribution in [0.15, 0.2) is 54.6 Å². The molecule has 2 aromatic carbocycles. The summed E-state index contributed by atoms with van der Waals surface area (Å²) in [5, 5.41) is 4.63. The number of nitrogens with one attached hydrogen (secondary N) is 1. The molecule has 0 aliphatic carbocycles. The van der Waals surface area contributed by atoms with Gasteiger partial charge in [0.1, 0.15) is 5.82 Å². The number of anilines is 1. The van der Waals surface area contributed by atoms with Gasteiger partial charge in [0.25, 0.3) is 0 Å². The van der Waals surface area contributed by atoms with E-state index >= 15 is 0 Å². The average molecular weight is 254 g/mol. The van der Waals surface area contributed by atoms with E-state index in [0.717, 1.165) is 18.8 Å². The van der Waals surface area contributed by atoms with Crippen molar-refractivity contribution in [3.8, 4) is 0 Å². The number of hydrogen-bond donors (Lipinski definition) is 1. The highest BCUT2D eigenvalue weighted by molar-refractivity contribution is 7.13. The van der Waals surface area contributed by atoms with Crippen LogP contribution in [0.3, 0.4) is 0 Å².